The molecule has 4 aliphatic heterocycles. The zero-order chi connectivity index (χ0) is 43.3. The Morgan fingerprint density at radius 2 is 1.05 bits per heavy atom. The standard InChI is InChI=1S/C58H42B2N2S3/c1-57(2)40-27-17-30-45-50(40)59(56-52(62(45)38-25-15-8-16-26-38)48(35-19-9-5-10-20-35)53(65-56)36-21-11-6-12-22-36)43-33-39-47(34-42(43)57)64-54-49(39)60-51-41(58(54,3)4)28-18-29-44(51)61(37-23-13-7-14-24-37)46-31-32-63-55(46)60/h5-34H,1-4H3. The molecular formula is C58H42B2N2S3. The van der Waals surface area contributed by atoms with Crippen LogP contribution in [0.5, 0.6) is 0 Å². The molecule has 308 valence electrons. The molecular weight excluding hydrogens is 842 g/mol. The average molecular weight is 885 g/mol. The SMILES string of the molecule is CC1(C)c2cc3sc4c(c3cc2B2c3sc(-c5ccccc5)c(-c5ccccc5)c3N(c3ccccc3)c3cccc1c32)B1c2sccc2N(c2ccccc2)c2cccc(c21)C4(C)C. The van der Waals surface area contributed by atoms with E-state index in [0.717, 1.165) is 0 Å². The van der Waals surface area contributed by atoms with Crippen LogP contribution >= 0.6 is 34.0 Å². The van der Waals surface area contributed by atoms with Gasteiger partial charge in [0.25, 0.3) is 13.4 Å². The molecule has 0 aliphatic carbocycles. The molecule has 0 unspecified atom stereocenters. The van der Waals surface area contributed by atoms with Crippen LogP contribution < -0.4 is 41.2 Å². The Kier molecular flexibility index (Phi) is 7.93. The lowest BCUT2D eigenvalue weighted by Gasteiger charge is -2.44. The summed E-state index contributed by atoms with van der Waals surface area (Å²) >= 11 is 5.97. The second-order valence-corrected chi connectivity index (χ2v) is 22.2. The van der Waals surface area contributed by atoms with Gasteiger partial charge in [0.05, 0.1) is 11.4 Å². The number of benzene rings is 7. The van der Waals surface area contributed by atoms with Crippen LogP contribution in [0.3, 0.4) is 0 Å². The molecule has 2 nitrogen and oxygen atoms in total. The van der Waals surface area contributed by atoms with Gasteiger partial charge in [0.15, 0.2) is 0 Å². The highest BCUT2D eigenvalue weighted by atomic mass is 32.1. The van der Waals surface area contributed by atoms with E-state index in [1.54, 1.807) is 0 Å². The molecule has 7 aromatic carbocycles. The van der Waals surface area contributed by atoms with E-state index >= 15 is 0 Å². The molecule has 0 N–H and O–H groups in total. The Morgan fingerprint density at radius 1 is 0.462 bits per heavy atom. The van der Waals surface area contributed by atoms with Crippen molar-refractivity contribution in [3.05, 3.63) is 203 Å². The van der Waals surface area contributed by atoms with Crippen LogP contribution in [-0.4, -0.2) is 13.4 Å². The summed E-state index contributed by atoms with van der Waals surface area (Å²) < 4.78 is 4.25. The smallest absolute Gasteiger partial charge is 0.261 e. The number of para-hydroxylation sites is 2. The number of hydrogen-bond acceptors (Lipinski definition) is 5. The molecule has 0 spiro atoms. The Labute approximate surface area is 393 Å². The third-order valence-corrected chi connectivity index (χ3v) is 18.8. The summed E-state index contributed by atoms with van der Waals surface area (Å²) in [5, 5.41) is 3.73. The quantitative estimate of drug-likeness (QED) is 0.163. The predicted octanol–water partition coefficient (Wildman–Crippen LogP) is 12.2. The van der Waals surface area contributed by atoms with Crippen molar-refractivity contribution >= 4 is 123 Å². The number of rotatable bonds is 4. The Hall–Kier alpha value is -6.37. The minimum absolute atomic E-state index is 0.0562. The fourth-order valence-electron chi connectivity index (χ4n) is 12.2. The number of anilines is 6. The molecule has 0 fully saturated rings. The monoisotopic (exact) mass is 884 g/mol. The van der Waals surface area contributed by atoms with Gasteiger partial charge in [-0.05, 0) is 104 Å². The maximum Gasteiger partial charge on any atom is 0.261 e. The van der Waals surface area contributed by atoms with E-state index in [0.29, 0.717) is 0 Å². The van der Waals surface area contributed by atoms with Crippen LogP contribution in [0.4, 0.5) is 34.1 Å². The molecule has 0 atom stereocenters. The van der Waals surface area contributed by atoms with Gasteiger partial charge >= 0.3 is 0 Å². The van der Waals surface area contributed by atoms with Gasteiger partial charge in [-0.25, -0.2) is 0 Å². The van der Waals surface area contributed by atoms with Gasteiger partial charge in [0, 0.05) is 63.2 Å². The van der Waals surface area contributed by atoms with Crippen molar-refractivity contribution in [2.75, 3.05) is 9.80 Å². The molecule has 0 amide bonds. The molecule has 10 aromatic rings. The van der Waals surface area contributed by atoms with E-state index in [2.05, 4.69) is 219 Å². The van der Waals surface area contributed by atoms with Gasteiger partial charge in [-0.15, -0.1) is 22.7 Å². The van der Waals surface area contributed by atoms with E-state index < -0.39 is 0 Å². The molecule has 7 heteroatoms. The average Bonchev–Trinajstić information content (AvgIpc) is 4.09. The Morgan fingerprint density at radius 3 is 1.72 bits per heavy atom. The van der Waals surface area contributed by atoms with Gasteiger partial charge in [0.2, 0.25) is 0 Å². The number of thiophene rings is 3. The number of nitrogens with zero attached hydrogens (tertiary/aromatic N) is 2. The topological polar surface area (TPSA) is 6.48 Å². The summed E-state index contributed by atoms with van der Waals surface area (Å²) in [5.74, 6) is 0. The summed E-state index contributed by atoms with van der Waals surface area (Å²) in [4.78, 5) is 7.94. The first-order valence-electron chi connectivity index (χ1n) is 22.7. The first-order valence-corrected chi connectivity index (χ1v) is 25.3. The molecule has 14 rings (SSSR count). The predicted molar refractivity (Wildman–Crippen MR) is 284 cm³/mol. The molecule has 0 saturated heterocycles. The lowest BCUT2D eigenvalue weighted by molar-refractivity contribution is 0.647. The summed E-state index contributed by atoms with van der Waals surface area (Å²) in [6, 6.07) is 66.2. The molecule has 4 aliphatic rings. The summed E-state index contributed by atoms with van der Waals surface area (Å²) in [7, 11) is 0. The fourth-order valence-corrected chi connectivity index (χ4v) is 16.0. The zero-order valence-corrected chi connectivity index (χ0v) is 39.0. The lowest BCUT2D eigenvalue weighted by atomic mass is 9.31. The Balaban J connectivity index is 1.08. The van der Waals surface area contributed by atoms with Crippen molar-refractivity contribution in [2.24, 2.45) is 0 Å². The Bertz CT molecular complexity index is 3570. The van der Waals surface area contributed by atoms with Gasteiger partial charge in [-0.1, -0.05) is 161 Å². The molecule has 0 bridgehead atoms. The highest BCUT2D eigenvalue weighted by Gasteiger charge is 2.51. The third kappa shape index (κ3) is 5.07. The second-order valence-electron chi connectivity index (χ2n) is 19.1. The van der Waals surface area contributed by atoms with Crippen molar-refractivity contribution in [3.8, 4) is 21.6 Å². The maximum absolute atomic E-state index is 2.69. The highest BCUT2D eigenvalue weighted by Crippen LogP contribution is 2.53. The molecule has 0 saturated carbocycles. The number of fused-ring (bicyclic) bond motifs is 10. The van der Waals surface area contributed by atoms with Crippen LogP contribution in [-0.2, 0) is 10.8 Å². The van der Waals surface area contributed by atoms with E-state index in [1.807, 2.05) is 34.0 Å². The summed E-state index contributed by atoms with van der Waals surface area (Å²) in [6.45, 7) is 10.1. The molecule has 7 heterocycles. The normalized spacial score (nSPS) is 15.5. The van der Waals surface area contributed by atoms with Gasteiger partial charge in [0.1, 0.15) is 0 Å². The van der Waals surface area contributed by atoms with Crippen molar-refractivity contribution < 1.29 is 0 Å². The van der Waals surface area contributed by atoms with Gasteiger partial charge < -0.3 is 9.80 Å². The summed E-state index contributed by atoms with van der Waals surface area (Å²) in [5.41, 5.74) is 21.1. The first-order chi connectivity index (χ1) is 31.8. The van der Waals surface area contributed by atoms with Crippen molar-refractivity contribution in [1.29, 1.82) is 0 Å². The van der Waals surface area contributed by atoms with Gasteiger partial charge in [-0.3, -0.25) is 0 Å². The minimum atomic E-state index is -0.231. The molecule has 0 radical (unpaired) electrons. The zero-order valence-electron chi connectivity index (χ0n) is 36.6. The first kappa shape index (κ1) is 38.0. The third-order valence-electron chi connectivity index (χ3n) is 15.0. The second kappa shape index (κ2) is 13.6. The molecule has 3 aromatic heterocycles. The van der Waals surface area contributed by atoms with E-state index in [-0.39, 0.29) is 24.3 Å². The van der Waals surface area contributed by atoms with E-state index in [4.69, 9.17) is 0 Å². The van der Waals surface area contributed by atoms with E-state index in [1.165, 1.54) is 119 Å². The van der Waals surface area contributed by atoms with Crippen LogP contribution in [0.1, 0.15) is 49.3 Å². The van der Waals surface area contributed by atoms with Crippen molar-refractivity contribution in [1.82, 2.24) is 0 Å². The minimum Gasteiger partial charge on any atom is -0.311 e. The van der Waals surface area contributed by atoms with E-state index in [9.17, 15) is 0 Å². The fraction of sp³-hybridized carbons (Fsp3) is 0.103. The van der Waals surface area contributed by atoms with Gasteiger partial charge in [-0.2, -0.15) is 11.3 Å². The van der Waals surface area contributed by atoms with Crippen LogP contribution in [0, 0.1) is 0 Å². The highest BCUT2D eigenvalue weighted by molar-refractivity contribution is 7.32. The van der Waals surface area contributed by atoms with Crippen LogP contribution in [0.25, 0.3) is 31.7 Å². The van der Waals surface area contributed by atoms with Crippen molar-refractivity contribution in [2.45, 2.75) is 38.5 Å². The van der Waals surface area contributed by atoms with Crippen LogP contribution in [0.15, 0.2) is 181 Å². The molecule has 65 heavy (non-hydrogen) atoms. The lowest BCUT2D eigenvalue weighted by Crippen LogP contribution is -2.64. The summed E-state index contributed by atoms with van der Waals surface area (Å²) in [6.07, 6.45) is 0. The van der Waals surface area contributed by atoms with Crippen LogP contribution in [0.2, 0.25) is 0 Å². The van der Waals surface area contributed by atoms with Crippen molar-refractivity contribution in [3.63, 3.8) is 0 Å². The maximum atomic E-state index is 2.69. The largest absolute Gasteiger partial charge is 0.311 e. The number of hydrogen-bond donors (Lipinski definition) is 0.